The second-order valence-corrected chi connectivity index (χ2v) is 4.61. The van der Waals surface area contributed by atoms with Crippen molar-refractivity contribution in [1.29, 1.82) is 0 Å². The van der Waals surface area contributed by atoms with E-state index < -0.39 is 11.7 Å². The second-order valence-electron chi connectivity index (χ2n) is 4.61. The number of alkyl halides is 3. The Morgan fingerprint density at radius 2 is 1.95 bits per heavy atom. The molecular formula is C13H15F3N2O. The number of nitrogens with two attached hydrogens (primary N) is 1. The first-order chi connectivity index (χ1) is 8.93. The van der Waals surface area contributed by atoms with Crippen molar-refractivity contribution in [3.63, 3.8) is 0 Å². The Morgan fingerprint density at radius 1 is 1.32 bits per heavy atom. The highest BCUT2D eigenvalue weighted by molar-refractivity contribution is 5.94. The van der Waals surface area contributed by atoms with E-state index in [-0.39, 0.29) is 17.5 Å². The van der Waals surface area contributed by atoms with E-state index in [2.05, 4.69) is 0 Å². The fourth-order valence-corrected chi connectivity index (χ4v) is 2.32. The van der Waals surface area contributed by atoms with E-state index in [0.29, 0.717) is 13.1 Å². The Bertz CT molecular complexity index is 456. The predicted molar refractivity (Wildman–Crippen MR) is 64.6 cm³/mol. The van der Waals surface area contributed by atoms with Gasteiger partial charge in [0.05, 0.1) is 5.56 Å². The minimum absolute atomic E-state index is 0.00482. The summed E-state index contributed by atoms with van der Waals surface area (Å²) >= 11 is 0. The number of carbonyl (C=O) groups excluding carboxylic acids is 1. The monoisotopic (exact) mass is 272 g/mol. The van der Waals surface area contributed by atoms with Crippen LogP contribution in [0.5, 0.6) is 0 Å². The summed E-state index contributed by atoms with van der Waals surface area (Å²) in [6.07, 6.45) is -2.65. The van der Waals surface area contributed by atoms with Crippen molar-refractivity contribution in [2.45, 2.75) is 25.1 Å². The number of nitrogens with zero attached hydrogens (tertiary/aromatic N) is 1. The summed E-state index contributed by atoms with van der Waals surface area (Å²) in [5.74, 6) is -0.248. The molecule has 1 saturated heterocycles. The molecule has 0 saturated carbocycles. The molecule has 0 aliphatic carbocycles. The maximum atomic E-state index is 12.4. The SMILES string of the molecule is NC[C@@H]1CCCN1C(=O)c1ccc(C(F)(F)F)cc1. The van der Waals surface area contributed by atoms with E-state index in [1.54, 1.807) is 4.90 Å². The molecule has 1 aliphatic rings. The van der Waals surface area contributed by atoms with Crippen LogP contribution in [0.1, 0.15) is 28.8 Å². The zero-order valence-corrected chi connectivity index (χ0v) is 10.3. The average molecular weight is 272 g/mol. The molecule has 1 atom stereocenters. The molecule has 0 spiro atoms. The van der Waals surface area contributed by atoms with Gasteiger partial charge in [-0.3, -0.25) is 4.79 Å². The molecule has 1 aromatic carbocycles. The lowest BCUT2D eigenvalue weighted by molar-refractivity contribution is -0.137. The summed E-state index contributed by atoms with van der Waals surface area (Å²) in [5, 5.41) is 0. The van der Waals surface area contributed by atoms with Gasteiger partial charge in [0.15, 0.2) is 0 Å². The van der Waals surface area contributed by atoms with Crippen molar-refractivity contribution in [3.8, 4) is 0 Å². The first kappa shape index (κ1) is 13.9. The zero-order chi connectivity index (χ0) is 14.0. The van der Waals surface area contributed by atoms with Crippen LogP contribution in [-0.4, -0.2) is 29.9 Å². The van der Waals surface area contributed by atoms with Crippen molar-refractivity contribution in [2.24, 2.45) is 5.73 Å². The number of hydrogen-bond acceptors (Lipinski definition) is 2. The van der Waals surface area contributed by atoms with E-state index in [4.69, 9.17) is 5.73 Å². The zero-order valence-electron chi connectivity index (χ0n) is 10.3. The molecule has 3 nitrogen and oxygen atoms in total. The predicted octanol–water partition coefficient (Wildman–Crippen LogP) is 2.27. The summed E-state index contributed by atoms with van der Waals surface area (Å²) in [4.78, 5) is 13.8. The van der Waals surface area contributed by atoms with Crippen molar-refractivity contribution in [3.05, 3.63) is 35.4 Å². The van der Waals surface area contributed by atoms with Gasteiger partial charge in [0.25, 0.3) is 5.91 Å². The molecule has 0 aromatic heterocycles. The maximum Gasteiger partial charge on any atom is 0.416 e. The molecule has 1 heterocycles. The van der Waals surface area contributed by atoms with Crippen LogP contribution in [0.3, 0.4) is 0 Å². The molecule has 104 valence electrons. The Balaban J connectivity index is 2.16. The summed E-state index contributed by atoms with van der Waals surface area (Å²) in [7, 11) is 0. The van der Waals surface area contributed by atoms with Crippen LogP contribution < -0.4 is 5.73 Å². The summed E-state index contributed by atoms with van der Waals surface area (Å²) < 4.78 is 37.3. The van der Waals surface area contributed by atoms with Crippen LogP contribution in [-0.2, 0) is 6.18 Å². The number of amides is 1. The minimum atomic E-state index is -4.38. The molecule has 6 heteroatoms. The lowest BCUT2D eigenvalue weighted by Crippen LogP contribution is -2.39. The molecule has 2 rings (SSSR count). The van der Waals surface area contributed by atoms with Gasteiger partial charge >= 0.3 is 6.18 Å². The number of halogens is 3. The lowest BCUT2D eigenvalue weighted by Gasteiger charge is -2.23. The molecule has 19 heavy (non-hydrogen) atoms. The van der Waals surface area contributed by atoms with Crippen LogP contribution in [0.25, 0.3) is 0 Å². The largest absolute Gasteiger partial charge is 0.416 e. The standard InChI is InChI=1S/C13H15F3N2O/c14-13(15,16)10-5-3-9(4-6-10)12(19)18-7-1-2-11(18)8-17/h3-6,11H,1-2,7-8,17H2/t11-/m0/s1. The molecular weight excluding hydrogens is 257 g/mol. The van der Waals surface area contributed by atoms with E-state index in [0.717, 1.165) is 25.0 Å². The Labute approximate surface area is 109 Å². The van der Waals surface area contributed by atoms with E-state index in [1.807, 2.05) is 0 Å². The van der Waals surface area contributed by atoms with Gasteiger partial charge in [-0.1, -0.05) is 0 Å². The van der Waals surface area contributed by atoms with Crippen LogP contribution in [0.15, 0.2) is 24.3 Å². The molecule has 0 unspecified atom stereocenters. The number of likely N-dealkylation sites (tertiary alicyclic amines) is 1. The molecule has 2 N–H and O–H groups in total. The third-order valence-corrected chi connectivity index (χ3v) is 3.37. The van der Waals surface area contributed by atoms with Gasteiger partial charge in [-0.05, 0) is 37.1 Å². The molecule has 1 fully saturated rings. The Hall–Kier alpha value is -1.56. The molecule has 0 radical (unpaired) electrons. The van der Waals surface area contributed by atoms with E-state index in [9.17, 15) is 18.0 Å². The topological polar surface area (TPSA) is 46.3 Å². The number of benzene rings is 1. The maximum absolute atomic E-state index is 12.4. The summed E-state index contributed by atoms with van der Waals surface area (Å²) in [6, 6.07) is 4.30. The molecule has 1 amide bonds. The van der Waals surface area contributed by atoms with Gasteiger partial charge < -0.3 is 10.6 Å². The van der Waals surface area contributed by atoms with Crippen molar-refractivity contribution in [1.82, 2.24) is 4.90 Å². The average Bonchev–Trinajstić information content (AvgIpc) is 2.85. The van der Waals surface area contributed by atoms with E-state index >= 15 is 0 Å². The van der Waals surface area contributed by atoms with Crippen LogP contribution in [0.4, 0.5) is 13.2 Å². The highest BCUT2D eigenvalue weighted by atomic mass is 19.4. The summed E-state index contributed by atoms with van der Waals surface area (Å²) in [5.41, 5.74) is 5.10. The van der Waals surface area contributed by atoms with Crippen LogP contribution in [0.2, 0.25) is 0 Å². The van der Waals surface area contributed by atoms with Crippen molar-refractivity contribution < 1.29 is 18.0 Å². The minimum Gasteiger partial charge on any atom is -0.334 e. The van der Waals surface area contributed by atoms with Crippen LogP contribution in [0, 0.1) is 0 Å². The highest BCUT2D eigenvalue weighted by Crippen LogP contribution is 2.29. The smallest absolute Gasteiger partial charge is 0.334 e. The fourth-order valence-electron chi connectivity index (χ4n) is 2.32. The van der Waals surface area contributed by atoms with Gasteiger partial charge in [-0.2, -0.15) is 13.2 Å². The molecule has 1 aromatic rings. The first-order valence-electron chi connectivity index (χ1n) is 6.12. The van der Waals surface area contributed by atoms with Gasteiger partial charge in [0.1, 0.15) is 0 Å². The third kappa shape index (κ3) is 2.89. The third-order valence-electron chi connectivity index (χ3n) is 3.37. The Kier molecular flexibility index (Phi) is 3.80. The number of rotatable bonds is 2. The van der Waals surface area contributed by atoms with Crippen molar-refractivity contribution in [2.75, 3.05) is 13.1 Å². The molecule has 1 aliphatic heterocycles. The summed E-state index contributed by atoms with van der Waals surface area (Å²) in [6.45, 7) is 0.994. The van der Waals surface area contributed by atoms with Gasteiger partial charge in [0, 0.05) is 24.7 Å². The Morgan fingerprint density at radius 3 is 2.47 bits per heavy atom. The molecule has 0 bridgehead atoms. The van der Waals surface area contributed by atoms with Gasteiger partial charge in [0.2, 0.25) is 0 Å². The first-order valence-corrected chi connectivity index (χ1v) is 6.12. The van der Waals surface area contributed by atoms with E-state index in [1.165, 1.54) is 12.1 Å². The number of carbonyl (C=O) groups is 1. The van der Waals surface area contributed by atoms with Crippen LogP contribution >= 0.6 is 0 Å². The lowest BCUT2D eigenvalue weighted by atomic mass is 10.1. The quantitative estimate of drug-likeness (QED) is 0.897. The second kappa shape index (κ2) is 5.21. The normalized spacial score (nSPS) is 19.8. The fraction of sp³-hybridized carbons (Fsp3) is 0.462. The number of hydrogen-bond donors (Lipinski definition) is 1. The van der Waals surface area contributed by atoms with Crippen molar-refractivity contribution >= 4 is 5.91 Å². The van der Waals surface area contributed by atoms with Gasteiger partial charge in [-0.15, -0.1) is 0 Å². The van der Waals surface area contributed by atoms with Gasteiger partial charge in [-0.25, -0.2) is 0 Å². The highest BCUT2D eigenvalue weighted by Gasteiger charge is 2.31.